The highest BCUT2D eigenvalue weighted by Crippen LogP contribution is 2.23. The molecule has 0 aromatic heterocycles. The molecule has 102 valence electrons. The van der Waals surface area contributed by atoms with E-state index in [4.69, 9.17) is 5.73 Å². The Morgan fingerprint density at radius 1 is 1.53 bits per heavy atom. The van der Waals surface area contributed by atoms with Gasteiger partial charge in [-0.05, 0) is 26.3 Å². The fraction of sp³-hybridized carbons (Fsp3) is 0.462. The summed E-state index contributed by atoms with van der Waals surface area (Å²) < 4.78 is 0. The molecule has 1 aromatic carbocycles. The largest absolute Gasteiger partial charge is 0.334 e. The van der Waals surface area contributed by atoms with Gasteiger partial charge in [0, 0.05) is 35.8 Å². The lowest BCUT2D eigenvalue weighted by Gasteiger charge is -2.23. The van der Waals surface area contributed by atoms with Crippen LogP contribution in [-0.4, -0.2) is 34.4 Å². The average Bonchev–Trinajstić information content (AvgIpc) is 2.69. The molecule has 6 nitrogen and oxygen atoms in total. The Hall–Kier alpha value is -1.95. The zero-order valence-electron chi connectivity index (χ0n) is 11.0. The number of amides is 1. The molecular formula is C13H17N3O3. The standard InChI is InChI=1S/C13H17N3O3/c1-8-3-4-10(7-12(8)16(18)19)13(17)15-6-5-11(14)9(15)2/h3-4,7,9,11H,5-6,14H2,1-2H3. The summed E-state index contributed by atoms with van der Waals surface area (Å²) in [4.78, 5) is 24.4. The van der Waals surface area contributed by atoms with Crippen molar-refractivity contribution in [1.82, 2.24) is 4.90 Å². The molecule has 1 aromatic rings. The van der Waals surface area contributed by atoms with Crippen LogP contribution in [-0.2, 0) is 0 Å². The van der Waals surface area contributed by atoms with Crippen molar-refractivity contribution >= 4 is 11.6 Å². The number of nitro benzene ring substituents is 1. The second-order valence-electron chi connectivity index (χ2n) is 4.95. The van der Waals surface area contributed by atoms with Crippen LogP contribution in [0.2, 0.25) is 0 Å². The lowest BCUT2D eigenvalue weighted by atomic mass is 10.1. The van der Waals surface area contributed by atoms with Crippen molar-refractivity contribution in [2.45, 2.75) is 32.4 Å². The van der Waals surface area contributed by atoms with Crippen molar-refractivity contribution in [3.05, 3.63) is 39.4 Å². The first-order valence-corrected chi connectivity index (χ1v) is 6.23. The Morgan fingerprint density at radius 3 is 2.74 bits per heavy atom. The smallest absolute Gasteiger partial charge is 0.273 e. The third-order valence-electron chi connectivity index (χ3n) is 3.73. The van der Waals surface area contributed by atoms with Gasteiger partial charge >= 0.3 is 0 Å². The molecule has 2 N–H and O–H groups in total. The van der Waals surface area contributed by atoms with Crippen LogP contribution in [0.3, 0.4) is 0 Å². The molecule has 0 aliphatic carbocycles. The van der Waals surface area contributed by atoms with Gasteiger partial charge in [0.25, 0.3) is 11.6 Å². The van der Waals surface area contributed by atoms with Crippen molar-refractivity contribution < 1.29 is 9.72 Å². The maximum Gasteiger partial charge on any atom is 0.273 e. The fourth-order valence-corrected chi connectivity index (χ4v) is 2.36. The monoisotopic (exact) mass is 263 g/mol. The summed E-state index contributed by atoms with van der Waals surface area (Å²) in [7, 11) is 0. The predicted molar refractivity (Wildman–Crippen MR) is 70.9 cm³/mol. The van der Waals surface area contributed by atoms with Gasteiger partial charge in [-0.25, -0.2) is 0 Å². The molecule has 1 aliphatic heterocycles. The van der Waals surface area contributed by atoms with Gasteiger partial charge in [-0.2, -0.15) is 0 Å². The summed E-state index contributed by atoms with van der Waals surface area (Å²) in [6.45, 7) is 4.15. The van der Waals surface area contributed by atoms with E-state index in [2.05, 4.69) is 0 Å². The molecule has 1 saturated heterocycles. The summed E-state index contributed by atoms with van der Waals surface area (Å²) in [5.41, 5.74) is 6.75. The third kappa shape index (κ3) is 2.44. The van der Waals surface area contributed by atoms with Crippen molar-refractivity contribution in [2.75, 3.05) is 6.54 Å². The average molecular weight is 263 g/mol. The molecule has 1 aliphatic rings. The van der Waals surface area contributed by atoms with E-state index in [9.17, 15) is 14.9 Å². The molecular weight excluding hydrogens is 246 g/mol. The van der Waals surface area contributed by atoms with E-state index in [1.807, 2.05) is 6.92 Å². The lowest BCUT2D eigenvalue weighted by molar-refractivity contribution is -0.385. The number of hydrogen-bond acceptors (Lipinski definition) is 4. The van der Waals surface area contributed by atoms with Crippen LogP contribution in [0, 0.1) is 17.0 Å². The number of rotatable bonds is 2. The first-order valence-electron chi connectivity index (χ1n) is 6.23. The van der Waals surface area contributed by atoms with Crippen LogP contribution < -0.4 is 5.73 Å². The summed E-state index contributed by atoms with van der Waals surface area (Å²) >= 11 is 0. The molecule has 2 atom stereocenters. The van der Waals surface area contributed by atoms with Crippen molar-refractivity contribution in [2.24, 2.45) is 5.73 Å². The van der Waals surface area contributed by atoms with E-state index >= 15 is 0 Å². The maximum atomic E-state index is 12.3. The molecule has 0 spiro atoms. The Labute approximate surface area is 111 Å². The molecule has 2 rings (SSSR count). The highest BCUT2D eigenvalue weighted by molar-refractivity contribution is 5.95. The summed E-state index contributed by atoms with van der Waals surface area (Å²) in [5, 5.41) is 10.9. The van der Waals surface area contributed by atoms with Gasteiger partial charge in [-0.15, -0.1) is 0 Å². The Kier molecular flexibility index (Phi) is 3.53. The van der Waals surface area contributed by atoms with Crippen LogP contribution in [0.1, 0.15) is 29.3 Å². The number of benzene rings is 1. The minimum Gasteiger partial charge on any atom is -0.334 e. The predicted octanol–water partition coefficient (Wildman–Crippen LogP) is 1.46. The lowest BCUT2D eigenvalue weighted by Crippen LogP contribution is -2.40. The Morgan fingerprint density at radius 2 is 2.21 bits per heavy atom. The molecule has 1 heterocycles. The normalized spacial score (nSPS) is 22.6. The van der Waals surface area contributed by atoms with Crippen LogP contribution in [0.5, 0.6) is 0 Å². The van der Waals surface area contributed by atoms with Crippen molar-refractivity contribution in [3.63, 3.8) is 0 Å². The van der Waals surface area contributed by atoms with Crippen LogP contribution >= 0.6 is 0 Å². The summed E-state index contributed by atoms with van der Waals surface area (Å²) in [5.74, 6) is -0.191. The van der Waals surface area contributed by atoms with Crippen molar-refractivity contribution in [1.29, 1.82) is 0 Å². The van der Waals surface area contributed by atoms with E-state index in [1.54, 1.807) is 24.0 Å². The Balaban J connectivity index is 2.30. The van der Waals surface area contributed by atoms with Gasteiger partial charge in [0.05, 0.1) is 4.92 Å². The molecule has 1 fully saturated rings. The molecule has 19 heavy (non-hydrogen) atoms. The van der Waals surface area contributed by atoms with Crippen LogP contribution in [0.25, 0.3) is 0 Å². The Bertz CT molecular complexity index is 530. The zero-order chi connectivity index (χ0) is 14.2. The molecule has 1 amide bonds. The van der Waals surface area contributed by atoms with Gasteiger partial charge in [-0.3, -0.25) is 14.9 Å². The topological polar surface area (TPSA) is 89.5 Å². The number of carbonyl (C=O) groups is 1. The zero-order valence-corrected chi connectivity index (χ0v) is 11.0. The van der Waals surface area contributed by atoms with Gasteiger partial charge in [0.1, 0.15) is 0 Å². The molecule has 0 bridgehead atoms. The van der Waals surface area contributed by atoms with E-state index in [-0.39, 0.29) is 23.7 Å². The number of hydrogen-bond donors (Lipinski definition) is 1. The number of nitro groups is 1. The number of carbonyl (C=O) groups excluding carboxylic acids is 1. The quantitative estimate of drug-likeness (QED) is 0.646. The minimum atomic E-state index is -0.467. The van der Waals surface area contributed by atoms with Crippen LogP contribution in [0.4, 0.5) is 5.69 Å². The summed E-state index contributed by atoms with van der Waals surface area (Å²) in [6, 6.07) is 4.51. The van der Waals surface area contributed by atoms with E-state index in [0.29, 0.717) is 17.7 Å². The van der Waals surface area contributed by atoms with E-state index in [0.717, 1.165) is 6.42 Å². The first kappa shape index (κ1) is 13.5. The molecule has 0 radical (unpaired) electrons. The molecule has 6 heteroatoms. The third-order valence-corrected chi connectivity index (χ3v) is 3.73. The number of aryl methyl sites for hydroxylation is 1. The van der Waals surface area contributed by atoms with E-state index < -0.39 is 4.92 Å². The molecule has 2 unspecified atom stereocenters. The van der Waals surface area contributed by atoms with Gasteiger partial charge in [0.2, 0.25) is 0 Å². The van der Waals surface area contributed by atoms with Crippen LogP contribution in [0.15, 0.2) is 18.2 Å². The van der Waals surface area contributed by atoms with Gasteiger partial charge in [0.15, 0.2) is 0 Å². The highest BCUT2D eigenvalue weighted by Gasteiger charge is 2.32. The summed E-state index contributed by atoms with van der Waals surface area (Å²) in [6.07, 6.45) is 0.765. The number of nitrogens with zero attached hydrogens (tertiary/aromatic N) is 2. The second-order valence-corrected chi connectivity index (χ2v) is 4.95. The number of nitrogens with two attached hydrogens (primary N) is 1. The van der Waals surface area contributed by atoms with Gasteiger partial charge < -0.3 is 10.6 Å². The van der Waals surface area contributed by atoms with Crippen molar-refractivity contribution in [3.8, 4) is 0 Å². The first-order chi connectivity index (χ1) is 8.91. The maximum absolute atomic E-state index is 12.3. The van der Waals surface area contributed by atoms with Gasteiger partial charge in [-0.1, -0.05) is 6.07 Å². The number of likely N-dealkylation sites (tertiary alicyclic amines) is 1. The fourth-order valence-electron chi connectivity index (χ4n) is 2.36. The minimum absolute atomic E-state index is 0.0237. The second kappa shape index (κ2) is 4.97. The highest BCUT2D eigenvalue weighted by atomic mass is 16.6. The SMILES string of the molecule is Cc1ccc(C(=O)N2CCC(N)C2C)cc1[N+](=O)[O-]. The van der Waals surface area contributed by atoms with E-state index in [1.165, 1.54) is 6.07 Å². The molecule has 0 saturated carbocycles.